The van der Waals surface area contributed by atoms with Crippen LogP contribution in [0.4, 0.5) is 0 Å². The number of hydrazine groups is 1. The van der Waals surface area contributed by atoms with E-state index in [0.717, 1.165) is 10.0 Å². The van der Waals surface area contributed by atoms with E-state index in [4.69, 9.17) is 14.2 Å². The Labute approximate surface area is 170 Å². The van der Waals surface area contributed by atoms with Crippen molar-refractivity contribution in [3.8, 4) is 17.2 Å². The summed E-state index contributed by atoms with van der Waals surface area (Å²) < 4.78 is 17.3. The molecular weight excluding hydrogens is 428 g/mol. The highest BCUT2D eigenvalue weighted by Gasteiger charge is 2.15. The second-order valence-electron chi connectivity index (χ2n) is 5.93. The van der Waals surface area contributed by atoms with Crippen LogP contribution in [-0.4, -0.2) is 31.1 Å². The van der Waals surface area contributed by atoms with Crippen LogP contribution >= 0.6 is 15.9 Å². The number of carbonyl (C=O) groups is 2. The number of fused-ring (bicyclic) bond motifs is 1. The van der Waals surface area contributed by atoms with Crippen LogP contribution in [0.15, 0.2) is 53.0 Å². The van der Waals surface area contributed by atoms with Crippen molar-refractivity contribution < 1.29 is 23.8 Å². The normalized spacial score (nSPS) is 13.6. The second-order valence-corrected chi connectivity index (χ2v) is 6.85. The van der Waals surface area contributed by atoms with Gasteiger partial charge in [-0.3, -0.25) is 20.4 Å². The summed E-state index contributed by atoms with van der Waals surface area (Å²) in [5.74, 6) is 0.918. The number of hydrogen-bond donors (Lipinski definition) is 2. The first-order valence-electron chi connectivity index (χ1n) is 8.61. The molecule has 1 unspecified atom stereocenters. The third-order valence-electron chi connectivity index (χ3n) is 3.78. The van der Waals surface area contributed by atoms with Crippen molar-refractivity contribution in [2.75, 3.05) is 13.2 Å². The zero-order valence-electron chi connectivity index (χ0n) is 15.1. The minimum atomic E-state index is -0.781. The molecule has 0 fully saturated rings. The third kappa shape index (κ3) is 5.50. The molecule has 3 rings (SSSR count). The number of rotatable bonds is 5. The molecule has 2 N–H and O–H groups in total. The van der Waals surface area contributed by atoms with Gasteiger partial charge in [0.2, 0.25) is 0 Å². The number of ether oxygens (including phenoxy) is 3. The summed E-state index contributed by atoms with van der Waals surface area (Å²) in [6.07, 6.45) is 2.14. The Morgan fingerprint density at radius 2 is 1.89 bits per heavy atom. The van der Waals surface area contributed by atoms with Gasteiger partial charge < -0.3 is 14.2 Å². The summed E-state index contributed by atoms with van der Waals surface area (Å²) >= 11 is 3.34. The molecule has 8 heteroatoms. The van der Waals surface area contributed by atoms with Gasteiger partial charge in [-0.1, -0.05) is 28.1 Å². The Morgan fingerprint density at radius 1 is 1.11 bits per heavy atom. The lowest BCUT2D eigenvalue weighted by Crippen LogP contribution is -2.46. The van der Waals surface area contributed by atoms with E-state index < -0.39 is 17.9 Å². The Hall–Kier alpha value is -3.00. The quantitative estimate of drug-likeness (QED) is 0.544. The molecule has 0 saturated carbocycles. The Morgan fingerprint density at radius 3 is 2.68 bits per heavy atom. The average Bonchev–Trinajstić information content (AvgIpc) is 2.70. The standard InChI is InChI=1S/C20H19BrN2O5/c1-13(28-16-4-2-3-15(21)12-16)20(25)23-22-19(24)8-6-14-5-7-17-18(11-14)27-10-9-26-17/h2-8,11-13H,9-10H2,1H3,(H,22,24)(H,23,25)/b8-6+. The molecular formula is C20H19BrN2O5. The Kier molecular flexibility index (Phi) is 6.54. The molecule has 28 heavy (non-hydrogen) atoms. The van der Waals surface area contributed by atoms with Crippen LogP contribution in [0.3, 0.4) is 0 Å². The van der Waals surface area contributed by atoms with E-state index in [1.54, 1.807) is 43.3 Å². The van der Waals surface area contributed by atoms with Gasteiger partial charge in [-0.2, -0.15) is 0 Å². The topological polar surface area (TPSA) is 85.9 Å². The Bertz CT molecular complexity index is 900. The molecule has 2 amide bonds. The first-order chi connectivity index (χ1) is 13.5. The maximum Gasteiger partial charge on any atom is 0.279 e. The molecule has 146 valence electrons. The van der Waals surface area contributed by atoms with Crippen molar-refractivity contribution in [2.45, 2.75) is 13.0 Å². The first kappa shape index (κ1) is 19.8. The zero-order valence-corrected chi connectivity index (χ0v) is 16.7. The molecule has 2 aromatic carbocycles. The predicted molar refractivity (Wildman–Crippen MR) is 107 cm³/mol. The fourth-order valence-corrected chi connectivity index (χ4v) is 2.78. The van der Waals surface area contributed by atoms with Crippen LogP contribution in [0.5, 0.6) is 17.2 Å². The van der Waals surface area contributed by atoms with Crippen LogP contribution in [0.25, 0.3) is 6.08 Å². The minimum Gasteiger partial charge on any atom is -0.486 e. The first-order valence-corrected chi connectivity index (χ1v) is 9.40. The lowest BCUT2D eigenvalue weighted by atomic mass is 10.2. The summed E-state index contributed by atoms with van der Waals surface area (Å²) in [5, 5.41) is 0. The van der Waals surface area contributed by atoms with E-state index in [-0.39, 0.29) is 0 Å². The van der Waals surface area contributed by atoms with Crippen molar-refractivity contribution in [3.05, 3.63) is 58.6 Å². The monoisotopic (exact) mass is 446 g/mol. The van der Waals surface area contributed by atoms with Gasteiger partial charge >= 0.3 is 0 Å². The van der Waals surface area contributed by atoms with Gasteiger partial charge in [0.1, 0.15) is 19.0 Å². The van der Waals surface area contributed by atoms with Gasteiger partial charge in [-0.15, -0.1) is 0 Å². The average molecular weight is 447 g/mol. The molecule has 0 radical (unpaired) electrons. The van der Waals surface area contributed by atoms with E-state index in [9.17, 15) is 9.59 Å². The molecule has 0 aromatic heterocycles. The molecule has 0 aliphatic carbocycles. The molecule has 0 saturated heterocycles. The van der Waals surface area contributed by atoms with Crippen LogP contribution in [-0.2, 0) is 9.59 Å². The fourth-order valence-electron chi connectivity index (χ4n) is 2.40. The molecule has 1 aliphatic heterocycles. The van der Waals surface area contributed by atoms with E-state index in [2.05, 4.69) is 26.8 Å². The van der Waals surface area contributed by atoms with E-state index in [1.165, 1.54) is 6.08 Å². The third-order valence-corrected chi connectivity index (χ3v) is 4.27. The van der Waals surface area contributed by atoms with Crippen LogP contribution in [0, 0.1) is 0 Å². The molecule has 0 bridgehead atoms. The van der Waals surface area contributed by atoms with Crippen LogP contribution < -0.4 is 25.1 Å². The van der Waals surface area contributed by atoms with Crippen molar-refractivity contribution >= 4 is 33.8 Å². The minimum absolute atomic E-state index is 0.471. The van der Waals surface area contributed by atoms with Crippen LogP contribution in [0.1, 0.15) is 12.5 Å². The number of nitrogens with one attached hydrogen (secondary N) is 2. The number of hydrogen-bond acceptors (Lipinski definition) is 5. The number of carbonyl (C=O) groups excluding carboxylic acids is 2. The van der Waals surface area contributed by atoms with E-state index >= 15 is 0 Å². The largest absolute Gasteiger partial charge is 0.486 e. The maximum atomic E-state index is 12.1. The summed E-state index contributed by atoms with van der Waals surface area (Å²) in [5.41, 5.74) is 5.43. The highest BCUT2D eigenvalue weighted by atomic mass is 79.9. The summed E-state index contributed by atoms with van der Waals surface area (Å²) in [6.45, 7) is 2.61. The van der Waals surface area contributed by atoms with Gasteiger partial charge in [-0.05, 0) is 48.9 Å². The van der Waals surface area contributed by atoms with E-state index in [0.29, 0.717) is 30.5 Å². The summed E-state index contributed by atoms with van der Waals surface area (Å²) in [6, 6.07) is 12.5. The smallest absolute Gasteiger partial charge is 0.279 e. The van der Waals surface area contributed by atoms with Crippen molar-refractivity contribution in [1.82, 2.24) is 10.9 Å². The number of amides is 2. The zero-order chi connectivity index (χ0) is 19.9. The molecule has 1 aliphatic rings. The van der Waals surface area contributed by atoms with Gasteiger partial charge in [0.15, 0.2) is 17.6 Å². The molecule has 7 nitrogen and oxygen atoms in total. The van der Waals surface area contributed by atoms with Gasteiger partial charge in [0.25, 0.3) is 11.8 Å². The molecule has 2 aromatic rings. The van der Waals surface area contributed by atoms with Crippen LogP contribution in [0.2, 0.25) is 0 Å². The summed E-state index contributed by atoms with van der Waals surface area (Å²) in [4.78, 5) is 24.0. The van der Waals surface area contributed by atoms with Gasteiger partial charge in [-0.25, -0.2) is 0 Å². The number of benzene rings is 2. The number of halogens is 1. The molecule has 1 heterocycles. The Balaban J connectivity index is 1.48. The second kappa shape index (κ2) is 9.27. The molecule has 0 spiro atoms. The molecule has 1 atom stereocenters. The lowest BCUT2D eigenvalue weighted by molar-refractivity contribution is -0.131. The predicted octanol–water partition coefficient (Wildman–Crippen LogP) is 2.85. The SMILES string of the molecule is CC(Oc1cccc(Br)c1)C(=O)NNC(=O)/C=C/c1ccc2c(c1)OCCO2. The van der Waals surface area contributed by atoms with Gasteiger partial charge in [0, 0.05) is 10.5 Å². The van der Waals surface area contributed by atoms with E-state index in [1.807, 2.05) is 12.1 Å². The van der Waals surface area contributed by atoms with Gasteiger partial charge in [0.05, 0.1) is 0 Å². The van der Waals surface area contributed by atoms with Crippen molar-refractivity contribution in [2.24, 2.45) is 0 Å². The summed E-state index contributed by atoms with van der Waals surface area (Å²) in [7, 11) is 0. The highest BCUT2D eigenvalue weighted by molar-refractivity contribution is 9.10. The maximum absolute atomic E-state index is 12.1. The lowest BCUT2D eigenvalue weighted by Gasteiger charge is -2.18. The fraction of sp³-hybridized carbons (Fsp3) is 0.200. The van der Waals surface area contributed by atoms with Crippen molar-refractivity contribution in [1.29, 1.82) is 0 Å². The van der Waals surface area contributed by atoms with Crippen molar-refractivity contribution in [3.63, 3.8) is 0 Å². The highest BCUT2D eigenvalue weighted by Crippen LogP contribution is 2.31.